The van der Waals surface area contributed by atoms with Crippen molar-refractivity contribution in [1.29, 1.82) is 0 Å². The minimum Gasteiger partial charge on any atom is -0.310 e. The molecule has 0 saturated carbocycles. The van der Waals surface area contributed by atoms with Crippen LogP contribution in [0.1, 0.15) is 51.1 Å². The molecular formula is C18H25N. The Hall–Kier alpha value is -1.34. The summed E-state index contributed by atoms with van der Waals surface area (Å²) in [6.07, 6.45) is 5.15. The lowest BCUT2D eigenvalue weighted by molar-refractivity contribution is 0.489. The minimum absolute atomic E-state index is 0.489. The zero-order valence-corrected chi connectivity index (χ0v) is 12.2. The molecule has 0 aliphatic heterocycles. The van der Waals surface area contributed by atoms with Gasteiger partial charge in [0.2, 0.25) is 0 Å². The average molecular weight is 255 g/mol. The van der Waals surface area contributed by atoms with Gasteiger partial charge < -0.3 is 5.32 Å². The molecule has 0 bridgehead atoms. The van der Waals surface area contributed by atoms with E-state index in [0.717, 1.165) is 6.54 Å². The monoisotopic (exact) mass is 255 g/mol. The number of hydrogen-bond acceptors (Lipinski definition) is 1. The molecule has 0 radical (unpaired) electrons. The fourth-order valence-corrected chi connectivity index (χ4v) is 2.77. The highest BCUT2D eigenvalue weighted by Gasteiger charge is 2.12. The Kier molecular flexibility index (Phi) is 5.41. The summed E-state index contributed by atoms with van der Waals surface area (Å²) in [6.45, 7) is 5.48. The Morgan fingerprint density at radius 1 is 0.947 bits per heavy atom. The minimum atomic E-state index is 0.489. The summed E-state index contributed by atoms with van der Waals surface area (Å²) in [4.78, 5) is 0. The first kappa shape index (κ1) is 14.1. The van der Waals surface area contributed by atoms with Gasteiger partial charge in [0.05, 0.1) is 0 Å². The molecule has 1 unspecified atom stereocenters. The van der Waals surface area contributed by atoms with E-state index in [1.165, 1.54) is 42.0 Å². The van der Waals surface area contributed by atoms with Gasteiger partial charge in [-0.1, -0.05) is 75.6 Å². The lowest BCUT2D eigenvalue weighted by Gasteiger charge is -2.20. The molecule has 2 rings (SSSR count). The Bertz CT molecular complexity index is 499. The molecule has 2 aromatic carbocycles. The number of fused-ring (bicyclic) bond motifs is 1. The van der Waals surface area contributed by atoms with Crippen LogP contribution in [0.25, 0.3) is 10.8 Å². The lowest BCUT2D eigenvalue weighted by Crippen LogP contribution is -2.21. The van der Waals surface area contributed by atoms with Crippen molar-refractivity contribution in [3.8, 4) is 0 Å². The molecule has 0 spiro atoms. The molecule has 1 nitrogen and oxygen atoms in total. The van der Waals surface area contributed by atoms with Crippen LogP contribution >= 0.6 is 0 Å². The second-order valence-electron chi connectivity index (χ2n) is 5.17. The van der Waals surface area contributed by atoms with E-state index >= 15 is 0 Å². The maximum Gasteiger partial charge on any atom is 0.0326 e. The molecule has 19 heavy (non-hydrogen) atoms. The van der Waals surface area contributed by atoms with Crippen molar-refractivity contribution >= 4 is 10.8 Å². The molecule has 2 aromatic rings. The molecule has 1 N–H and O–H groups in total. The average Bonchev–Trinajstić information content (AvgIpc) is 2.46. The fourth-order valence-electron chi connectivity index (χ4n) is 2.77. The summed E-state index contributed by atoms with van der Waals surface area (Å²) >= 11 is 0. The number of hydrogen-bond donors (Lipinski definition) is 1. The third-order valence-electron chi connectivity index (χ3n) is 3.75. The molecule has 0 heterocycles. The highest BCUT2D eigenvalue weighted by molar-refractivity contribution is 5.86. The molecule has 0 aromatic heterocycles. The Labute approximate surface area is 117 Å². The SMILES string of the molecule is CCCCCC(NCC)c1cccc2ccccc12. The van der Waals surface area contributed by atoms with Crippen LogP contribution in [0.4, 0.5) is 0 Å². The molecular weight excluding hydrogens is 230 g/mol. The molecule has 0 amide bonds. The highest BCUT2D eigenvalue weighted by atomic mass is 14.9. The lowest BCUT2D eigenvalue weighted by atomic mass is 9.95. The van der Waals surface area contributed by atoms with E-state index in [0.29, 0.717) is 6.04 Å². The van der Waals surface area contributed by atoms with Crippen LogP contribution in [0.2, 0.25) is 0 Å². The summed E-state index contributed by atoms with van der Waals surface area (Å²) in [7, 11) is 0. The van der Waals surface area contributed by atoms with Crippen molar-refractivity contribution in [2.24, 2.45) is 0 Å². The molecule has 1 heteroatoms. The van der Waals surface area contributed by atoms with Crippen LogP contribution in [-0.2, 0) is 0 Å². The summed E-state index contributed by atoms with van der Waals surface area (Å²) in [6, 6.07) is 15.9. The van der Waals surface area contributed by atoms with E-state index in [1.54, 1.807) is 0 Å². The zero-order valence-electron chi connectivity index (χ0n) is 12.2. The summed E-state index contributed by atoms with van der Waals surface area (Å²) in [5.41, 5.74) is 1.45. The van der Waals surface area contributed by atoms with Crippen LogP contribution < -0.4 is 5.32 Å². The van der Waals surface area contributed by atoms with Crippen LogP contribution in [0.5, 0.6) is 0 Å². The predicted octanol–water partition coefficient (Wildman–Crippen LogP) is 5.07. The van der Waals surface area contributed by atoms with Gasteiger partial charge in [0.1, 0.15) is 0 Å². The van der Waals surface area contributed by atoms with Crippen molar-refractivity contribution < 1.29 is 0 Å². The topological polar surface area (TPSA) is 12.0 Å². The summed E-state index contributed by atoms with van der Waals surface area (Å²) in [5, 5.41) is 6.39. The van der Waals surface area contributed by atoms with Crippen molar-refractivity contribution in [2.45, 2.75) is 45.6 Å². The standard InChI is InChI=1S/C18H25N/c1-3-5-6-14-18(19-4-2)17-13-9-11-15-10-7-8-12-16(15)17/h7-13,18-19H,3-6,14H2,1-2H3. The van der Waals surface area contributed by atoms with Gasteiger partial charge in [-0.05, 0) is 29.3 Å². The highest BCUT2D eigenvalue weighted by Crippen LogP contribution is 2.27. The second kappa shape index (κ2) is 7.30. The van der Waals surface area contributed by atoms with Crippen LogP contribution in [0.3, 0.4) is 0 Å². The van der Waals surface area contributed by atoms with E-state index < -0.39 is 0 Å². The number of nitrogens with one attached hydrogen (secondary N) is 1. The van der Waals surface area contributed by atoms with Gasteiger partial charge in [-0.3, -0.25) is 0 Å². The molecule has 0 fully saturated rings. The van der Waals surface area contributed by atoms with Crippen molar-refractivity contribution in [3.63, 3.8) is 0 Å². The predicted molar refractivity (Wildman–Crippen MR) is 84.5 cm³/mol. The molecule has 1 atom stereocenters. The maximum absolute atomic E-state index is 3.65. The Balaban J connectivity index is 2.27. The number of benzene rings is 2. The van der Waals surface area contributed by atoms with Gasteiger partial charge in [0, 0.05) is 6.04 Å². The van der Waals surface area contributed by atoms with Crippen LogP contribution in [0, 0.1) is 0 Å². The molecule has 0 aliphatic rings. The molecule has 0 saturated heterocycles. The molecule has 102 valence electrons. The van der Waals surface area contributed by atoms with E-state index in [2.05, 4.69) is 61.6 Å². The smallest absolute Gasteiger partial charge is 0.0326 e. The van der Waals surface area contributed by atoms with Crippen molar-refractivity contribution in [1.82, 2.24) is 5.32 Å². The second-order valence-corrected chi connectivity index (χ2v) is 5.17. The quantitative estimate of drug-likeness (QED) is 0.681. The first-order chi connectivity index (χ1) is 9.36. The normalized spacial score (nSPS) is 12.7. The van der Waals surface area contributed by atoms with Gasteiger partial charge in [0.25, 0.3) is 0 Å². The van der Waals surface area contributed by atoms with Crippen molar-refractivity contribution in [2.75, 3.05) is 6.54 Å². The van der Waals surface area contributed by atoms with Crippen LogP contribution in [-0.4, -0.2) is 6.54 Å². The molecule has 0 aliphatic carbocycles. The number of rotatable bonds is 7. The van der Waals surface area contributed by atoms with Gasteiger partial charge >= 0.3 is 0 Å². The first-order valence-electron chi connectivity index (χ1n) is 7.57. The largest absolute Gasteiger partial charge is 0.310 e. The van der Waals surface area contributed by atoms with Crippen LogP contribution in [0.15, 0.2) is 42.5 Å². The summed E-state index contributed by atoms with van der Waals surface area (Å²) < 4.78 is 0. The van der Waals surface area contributed by atoms with Crippen molar-refractivity contribution in [3.05, 3.63) is 48.0 Å². The zero-order chi connectivity index (χ0) is 13.5. The number of unbranched alkanes of at least 4 members (excludes halogenated alkanes) is 2. The van der Waals surface area contributed by atoms with E-state index in [9.17, 15) is 0 Å². The van der Waals surface area contributed by atoms with Gasteiger partial charge in [0.15, 0.2) is 0 Å². The Morgan fingerprint density at radius 3 is 2.53 bits per heavy atom. The summed E-state index contributed by atoms with van der Waals surface area (Å²) in [5.74, 6) is 0. The van der Waals surface area contributed by atoms with Gasteiger partial charge in [-0.2, -0.15) is 0 Å². The maximum atomic E-state index is 3.65. The third kappa shape index (κ3) is 3.57. The third-order valence-corrected chi connectivity index (χ3v) is 3.75. The first-order valence-corrected chi connectivity index (χ1v) is 7.57. The van der Waals surface area contributed by atoms with Gasteiger partial charge in [-0.25, -0.2) is 0 Å². The Morgan fingerprint density at radius 2 is 1.74 bits per heavy atom. The van der Waals surface area contributed by atoms with E-state index in [1.807, 2.05) is 0 Å². The van der Waals surface area contributed by atoms with E-state index in [-0.39, 0.29) is 0 Å². The van der Waals surface area contributed by atoms with E-state index in [4.69, 9.17) is 0 Å². The fraction of sp³-hybridized carbons (Fsp3) is 0.444. The van der Waals surface area contributed by atoms with Gasteiger partial charge in [-0.15, -0.1) is 0 Å².